The van der Waals surface area contributed by atoms with E-state index in [0.29, 0.717) is 6.04 Å². The second-order valence-electron chi connectivity index (χ2n) is 4.36. The van der Waals surface area contributed by atoms with Gasteiger partial charge >= 0.3 is 0 Å². The Morgan fingerprint density at radius 1 is 1.43 bits per heavy atom. The van der Waals surface area contributed by atoms with Gasteiger partial charge in [-0.3, -0.25) is 0 Å². The first-order valence-corrected chi connectivity index (χ1v) is 5.42. The van der Waals surface area contributed by atoms with Gasteiger partial charge in [0, 0.05) is 25.3 Å². The summed E-state index contributed by atoms with van der Waals surface area (Å²) in [5.74, 6) is 0. The predicted molar refractivity (Wildman–Crippen MR) is 58.8 cm³/mol. The topological polar surface area (TPSA) is 15.3 Å². The zero-order chi connectivity index (χ0) is 9.54. The number of fused-ring (bicyclic) bond motifs is 1. The van der Waals surface area contributed by atoms with Crippen molar-refractivity contribution in [2.45, 2.75) is 18.9 Å². The van der Waals surface area contributed by atoms with Gasteiger partial charge in [-0.1, -0.05) is 12.1 Å². The Hall–Kier alpha value is -1.02. The van der Waals surface area contributed by atoms with Crippen LogP contribution in [0.4, 0.5) is 5.69 Å². The summed E-state index contributed by atoms with van der Waals surface area (Å²) in [5.41, 5.74) is 4.43. The van der Waals surface area contributed by atoms with Crippen molar-refractivity contribution in [2.75, 3.05) is 25.0 Å². The van der Waals surface area contributed by atoms with Crippen molar-refractivity contribution in [3.63, 3.8) is 0 Å². The van der Waals surface area contributed by atoms with Crippen LogP contribution in [0.15, 0.2) is 18.2 Å². The summed E-state index contributed by atoms with van der Waals surface area (Å²) in [6, 6.07) is 7.57. The van der Waals surface area contributed by atoms with Crippen LogP contribution in [0.2, 0.25) is 0 Å². The fraction of sp³-hybridized carbons (Fsp3) is 0.500. The Morgan fingerprint density at radius 3 is 3.00 bits per heavy atom. The monoisotopic (exact) mass is 188 g/mol. The number of likely N-dealkylation sites (N-methyl/N-ethyl adjacent to an activating group) is 1. The molecule has 1 saturated heterocycles. The number of nitrogens with one attached hydrogen (secondary N) is 1. The quantitative estimate of drug-likeness (QED) is 0.722. The van der Waals surface area contributed by atoms with Crippen LogP contribution in [0.25, 0.3) is 0 Å². The Morgan fingerprint density at radius 2 is 2.29 bits per heavy atom. The van der Waals surface area contributed by atoms with Crippen molar-refractivity contribution in [3.05, 3.63) is 29.3 Å². The molecule has 0 saturated carbocycles. The number of anilines is 1. The van der Waals surface area contributed by atoms with Crippen molar-refractivity contribution in [1.82, 2.24) is 5.32 Å². The Balaban J connectivity index is 1.95. The van der Waals surface area contributed by atoms with Crippen molar-refractivity contribution >= 4 is 5.69 Å². The molecule has 1 aromatic rings. The van der Waals surface area contributed by atoms with E-state index in [0.717, 1.165) is 0 Å². The van der Waals surface area contributed by atoms with Gasteiger partial charge in [0.1, 0.15) is 0 Å². The summed E-state index contributed by atoms with van der Waals surface area (Å²) in [4.78, 5) is 2.34. The van der Waals surface area contributed by atoms with Gasteiger partial charge in [-0.25, -0.2) is 0 Å². The van der Waals surface area contributed by atoms with E-state index in [2.05, 4.69) is 35.5 Å². The third-order valence-electron chi connectivity index (χ3n) is 3.46. The van der Waals surface area contributed by atoms with Gasteiger partial charge < -0.3 is 10.2 Å². The molecule has 2 nitrogen and oxygen atoms in total. The van der Waals surface area contributed by atoms with Crippen LogP contribution in [0, 0.1) is 0 Å². The largest absolute Gasteiger partial charge is 0.374 e. The molecule has 0 aliphatic carbocycles. The molecule has 1 aromatic carbocycles. The molecule has 74 valence electrons. The highest BCUT2D eigenvalue weighted by Gasteiger charge is 2.21. The lowest BCUT2D eigenvalue weighted by molar-refractivity contribution is 0.383. The molecule has 1 unspecified atom stereocenters. The third kappa shape index (κ3) is 1.14. The zero-order valence-electron chi connectivity index (χ0n) is 8.59. The maximum absolute atomic E-state index is 3.45. The Labute approximate surface area is 84.9 Å². The molecule has 2 aliphatic heterocycles. The molecule has 14 heavy (non-hydrogen) atoms. The maximum atomic E-state index is 3.45. The molecular formula is C12H16N2. The molecule has 0 bridgehead atoms. The first kappa shape index (κ1) is 8.30. The molecule has 0 radical (unpaired) electrons. The first-order chi connectivity index (χ1) is 6.84. The van der Waals surface area contributed by atoms with Gasteiger partial charge in [0.25, 0.3) is 0 Å². The number of rotatable bonds is 1. The van der Waals surface area contributed by atoms with Gasteiger partial charge in [0.15, 0.2) is 0 Å². The SMILES string of the molecule is CN1CCc2cc(C3CCN3)ccc21. The summed E-state index contributed by atoms with van der Waals surface area (Å²) in [7, 11) is 2.17. The molecule has 2 heterocycles. The van der Waals surface area contributed by atoms with E-state index in [1.165, 1.54) is 42.7 Å². The minimum atomic E-state index is 0.631. The standard InChI is InChI=1S/C12H16N2/c1-14-7-5-10-8-9(2-3-12(10)14)11-4-6-13-11/h2-3,8,11,13H,4-7H2,1H3. The normalized spacial score (nSPS) is 24.6. The maximum Gasteiger partial charge on any atom is 0.0397 e. The van der Waals surface area contributed by atoms with E-state index in [4.69, 9.17) is 0 Å². The third-order valence-corrected chi connectivity index (χ3v) is 3.46. The predicted octanol–water partition coefficient (Wildman–Crippen LogP) is 1.71. The fourth-order valence-corrected chi connectivity index (χ4v) is 2.38. The van der Waals surface area contributed by atoms with Crippen LogP contribution in [0.5, 0.6) is 0 Å². The lowest BCUT2D eigenvalue weighted by Gasteiger charge is -2.28. The first-order valence-electron chi connectivity index (χ1n) is 5.42. The Kier molecular flexibility index (Phi) is 1.77. The van der Waals surface area contributed by atoms with Gasteiger partial charge in [-0.15, -0.1) is 0 Å². The van der Waals surface area contributed by atoms with Crippen LogP contribution in [0.1, 0.15) is 23.6 Å². The average molecular weight is 188 g/mol. The van der Waals surface area contributed by atoms with E-state index < -0.39 is 0 Å². The van der Waals surface area contributed by atoms with Crippen LogP contribution in [-0.4, -0.2) is 20.1 Å². The van der Waals surface area contributed by atoms with E-state index in [1.54, 1.807) is 0 Å². The molecule has 2 heteroatoms. The minimum absolute atomic E-state index is 0.631. The summed E-state index contributed by atoms with van der Waals surface area (Å²) in [6.45, 7) is 2.36. The van der Waals surface area contributed by atoms with Gasteiger partial charge in [-0.05, 0) is 36.6 Å². The molecule has 1 fully saturated rings. The van der Waals surface area contributed by atoms with E-state index in [-0.39, 0.29) is 0 Å². The molecule has 0 amide bonds. The van der Waals surface area contributed by atoms with Crippen LogP contribution in [0.3, 0.4) is 0 Å². The molecule has 1 atom stereocenters. The van der Waals surface area contributed by atoms with Crippen molar-refractivity contribution in [2.24, 2.45) is 0 Å². The number of nitrogens with zero attached hydrogens (tertiary/aromatic N) is 1. The molecule has 0 spiro atoms. The smallest absolute Gasteiger partial charge is 0.0397 e. The zero-order valence-corrected chi connectivity index (χ0v) is 8.59. The highest BCUT2D eigenvalue weighted by molar-refractivity contribution is 5.58. The van der Waals surface area contributed by atoms with Gasteiger partial charge in [0.05, 0.1) is 0 Å². The number of benzene rings is 1. The molecule has 3 rings (SSSR count). The second kappa shape index (κ2) is 2.99. The molecule has 2 aliphatic rings. The van der Waals surface area contributed by atoms with E-state index in [1.807, 2.05) is 0 Å². The summed E-state index contributed by atoms with van der Waals surface area (Å²) >= 11 is 0. The van der Waals surface area contributed by atoms with Crippen LogP contribution in [-0.2, 0) is 6.42 Å². The lowest BCUT2D eigenvalue weighted by Crippen LogP contribution is -2.34. The second-order valence-corrected chi connectivity index (χ2v) is 4.36. The van der Waals surface area contributed by atoms with E-state index in [9.17, 15) is 0 Å². The average Bonchev–Trinajstić information content (AvgIpc) is 2.45. The summed E-state index contributed by atoms with van der Waals surface area (Å²) in [6.07, 6.45) is 2.51. The summed E-state index contributed by atoms with van der Waals surface area (Å²) < 4.78 is 0. The van der Waals surface area contributed by atoms with E-state index >= 15 is 0 Å². The fourth-order valence-electron chi connectivity index (χ4n) is 2.38. The molecule has 0 aromatic heterocycles. The lowest BCUT2D eigenvalue weighted by atomic mass is 9.96. The van der Waals surface area contributed by atoms with Crippen LogP contribution >= 0.6 is 0 Å². The number of hydrogen-bond acceptors (Lipinski definition) is 2. The van der Waals surface area contributed by atoms with Crippen molar-refractivity contribution in [3.8, 4) is 0 Å². The molecular weight excluding hydrogens is 172 g/mol. The van der Waals surface area contributed by atoms with Gasteiger partial charge in [-0.2, -0.15) is 0 Å². The van der Waals surface area contributed by atoms with Crippen molar-refractivity contribution in [1.29, 1.82) is 0 Å². The highest BCUT2D eigenvalue weighted by atomic mass is 15.1. The Bertz CT molecular complexity index is 355. The summed E-state index contributed by atoms with van der Waals surface area (Å²) in [5, 5.41) is 3.45. The molecule has 1 N–H and O–H groups in total. The van der Waals surface area contributed by atoms with Crippen LogP contribution < -0.4 is 10.2 Å². The van der Waals surface area contributed by atoms with Crippen molar-refractivity contribution < 1.29 is 0 Å². The number of hydrogen-bond donors (Lipinski definition) is 1. The van der Waals surface area contributed by atoms with Gasteiger partial charge in [0.2, 0.25) is 0 Å². The minimum Gasteiger partial charge on any atom is -0.374 e. The highest BCUT2D eigenvalue weighted by Crippen LogP contribution is 2.31.